The van der Waals surface area contributed by atoms with Gasteiger partial charge in [-0.05, 0) is 30.5 Å². The maximum Gasteiger partial charge on any atom is 0.273 e. The molecule has 1 aliphatic heterocycles. The quantitative estimate of drug-likeness (QED) is 0.557. The number of nitrogens with zero attached hydrogens (tertiary/aromatic N) is 3. The van der Waals surface area contributed by atoms with Crippen LogP contribution in [0.4, 0.5) is 5.69 Å². The highest BCUT2D eigenvalue weighted by Crippen LogP contribution is 2.39. The largest absolute Gasteiger partial charge is 0.494 e. The van der Waals surface area contributed by atoms with Gasteiger partial charge in [0.1, 0.15) is 17.3 Å². The Morgan fingerprint density at radius 3 is 2.46 bits per heavy atom. The highest BCUT2D eigenvalue weighted by molar-refractivity contribution is 6.06. The van der Waals surface area contributed by atoms with E-state index >= 15 is 0 Å². The summed E-state index contributed by atoms with van der Waals surface area (Å²) in [5.41, 5.74) is 3.34. The summed E-state index contributed by atoms with van der Waals surface area (Å²) in [6, 6.07) is 5.46. The first-order valence-electron chi connectivity index (χ1n) is 11.6. The fraction of sp³-hybridized carbons (Fsp3) is 0.462. The second-order valence-corrected chi connectivity index (χ2v) is 9.70. The molecule has 0 radical (unpaired) electrons. The van der Waals surface area contributed by atoms with E-state index in [9.17, 15) is 9.59 Å². The van der Waals surface area contributed by atoms with Crippen LogP contribution in [-0.2, 0) is 12.0 Å². The number of ether oxygens (including phenoxy) is 2. The molecule has 2 aromatic rings. The average Bonchev–Trinajstić information content (AvgIpc) is 3.10. The van der Waals surface area contributed by atoms with E-state index in [4.69, 9.17) is 14.9 Å². The summed E-state index contributed by atoms with van der Waals surface area (Å²) in [6.45, 7) is 8.80. The Hall–Kier alpha value is -3.62. The van der Waals surface area contributed by atoms with Gasteiger partial charge >= 0.3 is 0 Å². The summed E-state index contributed by atoms with van der Waals surface area (Å²) in [5.74, 6) is 0.721. The highest BCUT2D eigenvalue weighted by Gasteiger charge is 2.31. The van der Waals surface area contributed by atoms with Crippen LogP contribution < -0.4 is 19.7 Å². The van der Waals surface area contributed by atoms with Crippen molar-refractivity contribution < 1.29 is 19.1 Å². The highest BCUT2D eigenvalue weighted by atomic mass is 16.5. The average molecular weight is 482 g/mol. The number of rotatable bonds is 8. The zero-order chi connectivity index (χ0) is 26.1. The first-order valence-corrected chi connectivity index (χ1v) is 11.6. The molecular weight excluding hydrogens is 446 g/mol. The number of methoxy groups -OCH3 is 1. The van der Waals surface area contributed by atoms with E-state index in [1.54, 1.807) is 18.1 Å². The zero-order valence-corrected chi connectivity index (χ0v) is 21.8. The number of ketones is 1. The topological polar surface area (TPSA) is 108 Å². The maximum absolute atomic E-state index is 13.4. The standard InChI is InChI=1S/C26H35N5O4/c1-9-35-20-12-16-13-31(24(27)21(16)29-22(20)25(33)28-5)14-19(32)15-10-17(26(2,3)4)23(34-8)18(11-15)30(6)7/h10-12,27H,9,13-14H2,1-8H3,(H,28,33). The molecule has 1 amide bonds. The van der Waals surface area contributed by atoms with Crippen LogP contribution in [0, 0.1) is 5.41 Å². The van der Waals surface area contributed by atoms with Crippen LogP contribution in [0.3, 0.4) is 0 Å². The number of aromatic nitrogens is 1. The summed E-state index contributed by atoms with van der Waals surface area (Å²) in [7, 11) is 6.98. The number of carbonyl (C=O) groups excluding carboxylic acids is 2. The lowest BCUT2D eigenvalue weighted by Crippen LogP contribution is -2.31. The van der Waals surface area contributed by atoms with Crippen molar-refractivity contribution in [1.82, 2.24) is 15.2 Å². The van der Waals surface area contributed by atoms with Crippen LogP contribution in [0.2, 0.25) is 0 Å². The summed E-state index contributed by atoms with van der Waals surface area (Å²) < 4.78 is 11.3. The Kier molecular flexibility index (Phi) is 7.38. The number of benzene rings is 1. The van der Waals surface area contributed by atoms with Crippen molar-refractivity contribution >= 4 is 23.2 Å². The summed E-state index contributed by atoms with van der Waals surface area (Å²) in [4.78, 5) is 33.8. The molecule has 188 valence electrons. The molecule has 1 aromatic carbocycles. The van der Waals surface area contributed by atoms with Crippen LogP contribution in [0.25, 0.3) is 0 Å². The molecule has 0 saturated heterocycles. The Morgan fingerprint density at radius 2 is 1.91 bits per heavy atom. The van der Waals surface area contributed by atoms with Crippen molar-refractivity contribution in [3.05, 3.63) is 46.3 Å². The minimum Gasteiger partial charge on any atom is -0.494 e. The third-order valence-electron chi connectivity index (χ3n) is 5.93. The Morgan fingerprint density at radius 1 is 1.23 bits per heavy atom. The van der Waals surface area contributed by atoms with Gasteiger partial charge in [-0.25, -0.2) is 4.98 Å². The number of anilines is 1. The molecule has 0 atom stereocenters. The lowest BCUT2D eigenvalue weighted by molar-refractivity contribution is 0.0949. The fourth-order valence-corrected chi connectivity index (χ4v) is 4.12. The van der Waals surface area contributed by atoms with Gasteiger partial charge in [0.25, 0.3) is 5.91 Å². The summed E-state index contributed by atoms with van der Waals surface area (Å²) in [6.07, 6.45) is 0. The molecule has 35 heavy (non-hydrogen) atoms. The number of nitrogens with one attached hydrogen (secondary N) is 2. The second kappa shape index (κ2) is 9.93. The number of fused-ring (bicyclic) bond motifs is 1. The second-order valence-electron chi connectivity index (χ2n) is 9.70. The Balaban J connectivity index is 1.95. The van der Waals surface area contributed by atoms with Crippen LogP contribution >= 0.6 is 0 Å². The lowest BCUT2D eigenvalue weighted by Gasteiger charge is -2.27. The fourth-order valence-electron chi connectivity index (χ4n) is 4.12. The number of amides is 1. The third-order valence-corrected chi connectivity index (χ3v) is 5.93. The van der Waals surface area contributed by atoms with Crippen LogP contribution in [0.15, 0.2) is 18.2 Å². The zero-order valence-electron chi connectivity index (χ0n) is 21.8. The van der Waals surface area contributed by atoms with E-state index < -0.39 is 0 Å². The van der Waals surface area contributed by atoms with Crippen molar-refractivity contribution in [3.63, 3.8) is 0 Å². The van der Waals surface area contributed by atoms with Crippen molar-refractivity contribution in [2.75, 3.05) is 46.3 Å². The van der Waals surface area contributed by atoms with Crippen molar-refractivity contribution in [2.45, 2.75) is 39.7 Å². The molecule has 9 heteroatoms. The van der Waals surface area contributed by atoms with Gasteiger partial charge in [-0.3, -0.25) is 15.0 Å². The van der Waals surface area contributed by atoms with E-state index in [0.717, 1.165) is 22.6 Å². The minimum absolute atomic E-state index is 0.0112. The lowest BCUT2D eigenvalue weighted by atomic mass is 9.84. The first-order chi connectivity index (χ1) is 16.4. The molecule has 0 saturated carbocycles. The third kappa shape index (κ3) is 5.08. The monoisotopic (exact) mass is 481 g/mol. The first kappa shape index (κ1) is 26.0. The molecule has 0 bridgehead atoms. The van der Waals surface area contributed by atoms with E-state index in [0.29, 0.717) is 30.2 Å². The predicted molar refractivity (Wildman–Crippen MR) is 136 cm³/mol. The molecule has 0 spiro atoms. The summed E-state index contributed by atoms with van der Waals surface area (Å²) in [5, 5.41) is 11.2. The van der Waals surface area contributed by atoms with Gasteiger partial charge in [0.05, 0.1) is 25.9 Å². The Bertz CT molecular complexity index is 1170. The number of carbonyl (C=O) groups is 2. The molecule has 9 nitrogen and oxygen atoms in total. The molecule has 0 aliphatic carbocycles. The van der Waals surface area contributed by atoms with E-state index in [1.807, 2.05) is 38.1 Å². The molecular formula is C26H35N5O4. The van der Waals surface area contributed by atoms with Crippen molar-refractivity contribution in [2.24, 2.45) is 0 Å². The number of Topliss-reactive ketones (excluding diaryl/α,β-unsaturated/α-hetero) is 1. The predicted octanol–water partition coefficient (Wildman–Crippen LogP) is 3.24. The van der Waals surface area contributed by atoms with Crippen molar-refractivity contribution in [3.8, 4) is 11.5 Å². The number of hydrogen-bond acceptors (Lipinski definition) is 7. The van der Waals surface area contributed by atoms with Gasteiger partial charge in [-0.15, -0.1) is 0 Å². The van der Waals surface area contributed by atoms with Crippen LogP contribution in [0.5, 0.6) is 11.5 Å². The molecule has 2 N–H and O–H groups in total. The van der Waals surface area contributed by atoms with E-state index in [-0.39, 0.29) is 35.2 Å². The molecule has 0 fully saturated rings. The molecule has 1 aromatic heterocycles. The number of pyridine rings is 1. The SMILES string of the molecule is CCOc1cc2c(nc1C(=O)NC)C(=N)N(CC(=O)c1cc(N(C)C)c(OC)c(C(C)(C)C)c1)C2. The maximum atomic E-state index is 13.4. The molecule has 1 aliphatic rings. The van der Waals surface area contributed by atoms with Gasteiger partial charge in [0, 0.05) is 44.4 Å². The number of amidine groups is 1. The van der Waals surface area contributed by atoms with Gasteiger partial charge < -0.3 is 24.6 Å². The van der Waals surface area contributed by atoms with Crippen molar-refractivity contribution in [1.29, 1.82) is 5.41 Å². The van der Waals surface area contributed by atoms with Gasteiger partial charge in [0.15, 0.2) is 17.2 Å². The molecule has 2 heterocycles. The van der Waals surface area contributed by atoms with Gasteiger partial charge in [0.2, 0.25) is 0 Å². The van der Waals surface area contributed by atoms with Gasteiger partial charge in [-0.1, -0.05) is 20.8 Å². The smallest absolute Gasteiger partial charge is 0.273 e. The summed E-state index contributed by atoms with van der Waals surface area (Å²) >= 11 is 0. The molecule has 0 unspecified atom stereocenters. The molecule has 3 rings (SSSR count). The van der Waals surface area contributed by atoms with E-state index in [1.165, 1.54) is 7.05 Å². The van der Waals surface area contributed by atoms with Crippen LogP contribution in [-0.4, -0.2) is 68.8 Å². The normalized spacial score (nSPS) is 12.9. The minimum atomic E-state index is -0.386. The number of hydrogen-bond donors (Lipinski definition) is 2. The van der Waals surface area contributed by atoms with Crippen LogP contribution in [0.1, 0.15) is 65.4 Å². The van der Waals surface area contributed by atoms with Gasteiger partial charge in [-0.2, -0.15) is 0 Å². The van der Waals surface area contributed by atoms with E-state index in [2.05, 4.69) is 31.1 Å². The Labute approximate surface area is 206 Å².